The Morgan fingerprint density at radius 1 is 1.47 bits per heavy atom. The van der Waals surface area contributed by atoms with Gasteiger partial charge in [0.05, 0.1) is 6.04 Å². The highest BCUT2D eigenvalue weighted by Crippen LogP contribution is 2.27. The fraction of sp³-hybridized carbons (Fsp3) is 0.300. The van der Waals surface area contributed by atoms with Crippen LogP contribution < -0.4 is 5.73 Å². The molecule has 5 nitrogen and oxygen atoms in total. The molecule has 1 atom stereocenters. The van der Waals surface area contributed by atoms with Crippen LogP contribution in [0, 0.1) is 0 Å². The molecular formula is C10H10Br2N4O. The average molecular weight is 362 g/mol. The second-order valence-corrected chi connectivity index (χ2v) is 5.22. The van der Waals surface area contributed by atoms with Crippen LogP contribution in [0.2, 0.25) is 0 Å². The van der Waals surface area contributed by atoms with E-state index in [-0.39, 0.29) is 6.04 Å². The van der Waals surface area contributed by atoms with E-state index in [1.54, 1.807) is 6.20 Å². The minimum atomic E-state index is -0.231. The second kappa shape index (κ2) is 5.24. The van der Waals surface area contributed by atoms with Crippen molar-refractivity contribution in [2.24, 2.45) is 5.73 Å². The lowest BCUT2D eigenvalue weighted by atomic mass is 10.2. The molecule has 0 radical (unpaired) electrons. The Morgan fingerprint density at radius 3 is 2.88 bits per heavy atom. The zero-order valence-electron chi connectivity index (χ0n) is 9.02. The van der Waals surface area contributed by atoms with Crippen LogP contribution in [0.15, 0.2) is 25.7 Å². The Hall–Kier alpha value is -0.790. The van der Waals surface area contributed by atoms with Crippen LogP contribution in [0.5, 0.6) is 0 Å². The molecule has 7 heteroatoms. The van der Waals surface area contributed by atoms with E-state index in [2.05, 4.69) is 47.0 Å². The molecule has 0 aliphatic rings. The van der Waals surface area contributed by atoms with Crippen LogP contribution in [-0.2, 0) is 0 Å². The molecule has 2 rings (SSSR count). The molecule has 0 spiro atoms. The van der Waals surface area contributed by atoms with Gasteiger partial charge >= 0.3 is 0 Å². The smallest absolute Gasteiger partial charge is 0.243 e. The van der Waals surface area contributed by atoms with Crippen molar-refractivity contribution in [2.75, 3.05) is 0 Å². The zero-order valence-corrected chi connectivity index (χ0v) is 12.2. The molecule has 0 aliphatic heterocycles. The van der Waals surface area contributed by atoms with Crippen molar-refractivity contribution < 1.29 is 4.52 Å². The molecule has 0 bridgehead atoms. The number of pyridine rings is 1. The van der Waals surface area contributed by atoms with Gasteiger partial charge in [0.25, 0.3) is 0 Å². The molecule has 0 unspecified atom stereocenters. The molecule has 0 aromatic carbocycles. The first-order valence-corrected chi connectivity index (χ1v) is 6.61. The van der Waals surface area contributed by atoms with E-state index in [1.165, 1.54) is 0 Å². The standard InChI is InChI=1S/C10H10Br2N4O/c1-2-7(13)10-15-9(16-17-10)8-6(12)3-5(11)4-14-8/h3-4,7H,2,13H2,1H3/t7-/m1/s1. The fourth-order valence-corrected chi connectivity index (χ4v) is 2.40. The van der Waals surface area contributed by atoms with Crippen molar-refractivity contribution in [1.82, 2.24) is 15.1 Å². The van der Waals surface area contributed by atoms with Crippen LogP contribution >= 0.6 is 31.9 Å². The van der Waals surface area contributed by atoms with Gasteiger partial charge in [-0.2, -0.15) is 4.98 Å². The van der Waals surface area contributed by atoms with Crippen molar-refractivity contribution >= 4 is 31.9 Å². The van der Waals surface area contributed by atoms with Gasteiger partial charge < -0.3 is 10.3 Å². The lowest BCUT2D eigenvalue weighted by Gasteiger charge is -2.00. The maximum Gasteiger partial charge on any atom is 0.243 e. The molecule has 2 heterocycles. The summed E-state index contributed by atoms with van der Waals surface area (Å²) in [6.07, 6.45) is 2.42. The third kappa shape index (κ3) is 2.72. The maximum absolute atomic E-state index is 5.81. The van der Waals surface area contributed by atoms with E-state index in [4.69, 9.17) is 10.3 Å². The third-order valence-electron chi connectivity index (χ3n) is 2.22. The monoisotopic (exact) mass is 360 g/mol. The first kappa shape index (κ1) is 12.7. The van der Waals surface area contributed by atoms with Gasteiger partial charge in [-0.25, -0.2) is 0 Å². The number of hydrogen-bond acceptors (Lipinski definition) is 5. The Labute approximate surface area is 115 Å². The number of halogens is 2. The molecular weight excluding hydrogens is 352 g/mol. The van der Waals surface area contributed by atoms with Gasteiger partial charge in [0.1, 0.15) is 5.69 Å². The van der Waals surface area contributed by atoms with Crippen LogP contribution in [0.25, 0.3) is 11.5 Å². The minimum Gasteiger partial charge on any atom is -0.337 e. The average Bonchev–Trinajstić information content (AvgIpc) is 2.77. The molecule has 0 fully saturated rings. The Morgan fingerprint density at radius 2 is 2.24 bits per heavy atom. The summed E-state index contributed by atoms with van der Waals surface area (Å²) in [5, 5.41) is 3.87. The molecule has 0 saturated carbocycles. The summed E-state index contributed by atoms with van der Waals surface area (Å²) in [6.45, 7) is 1.96. The van der Waals surface area contributed by atoms with E-state index in [9.17, 15) is 0 Å². The predicted molar refractivity (Wildman–Crippen MR) is 70.1 cm³/mol. The second-order valence-electron chi connectivity index (χ2n) is 3.45. The molecule has 0 saturated heterocycles. The van der Waals surface area contributed by atoms with Crippen molar-refractivity contribution in [1.29, 1.82) is 0 Å². The van der Waals surface area contributed by atoms with Gasteiger partial charge in [-0.3, -0.25) is 4.98 Å². The summed E-state index contributed by atoms with van der Waals surface area (Å²) in [6, 6.07) is 1.64. The molecule has 0 aliphatic carbocycles. The highest BCUT2D eigenvalue weighted by molar-refractivity contribution is 9.11. The Kier molecular flexibility index (Phi) is 3.90. The highest BCUT2D eigenvalue weighted by Gasteiger charge is 2.16. The predicted octanol–water partition coefficient (Wildman–Crippen LogP) is 3.07. The molecule has 90 valence electrons. The van der Waals surface area contributed by atoms with Crippen LogP contribution in [0.3, 0.4) is 0 Å². The van der Waals surface area contributed by atoms with Gasteiger partial charge in [0, 0.05) is 15.1 Å². The van der Waals surface area contributed by atoms with Crippen molar-refractivity contribution in [2.45, 2.75) is 19.4 Å². The quantitative estimate of drug-likeness (QED) is 0.908. The number of nitrogens with zero attached hydrogens (tertiary/aromatic N) is 3. The van der Waals surface area contributed by atoms with E-state index in [0.29, 0.717) is 17.4 Å². The Balaban J connectivity index is 2.37. The summed E-state index contributed by atoms with van der Waals surface area (Å²) >= 11 is 6.73. The first-order chi connectivity index (χ1) is 8.11. The number of rotatable bonds is 3. The van der Waals surface area contributed by atoms with Gasteiger partial charge in [-0.1, -0.05) is 12.1 Å². The lowest BCUT2D eigenvalue weighted by Crippen LogP contribution is -2.08. The largest absolute Gasteiger partial charge is 0.337 e. The van der Waals surface area contributed by atoms with Crippen molar-refractivity contribution in [3.63, 3.8) is 0 Å². The minimum absolute atomic E-state index is 0.231. The lowest BCUT2D eigenvalue weighted by molar-refractivity contribution is 0.352. The summed E-state index contributed by atoms with van der Waals surface area (Å²) in [4.78, 5) is 8.46. The van der Waals surface area contributed by atoms with E-state index >= 15 is 0 Å². The number of nitrogens with two attached hydrogens (primary N) is 1. The number of aromatic nitrogens is 3. The van der Waals surface area contributed by atoms with Crippen molar-refractivity contribution in [3.05, 3.63) is 27.1 Å². The summed E-state index contributed by atoms with van der Waals surface area (Å²) in [5.41, 5.74) is 6.44. The maximum atomic E-state index is 5.81. The van der Waals surface area contributed by atoms with E-state index < -0.39 is 0 Å². The summed E-state index contributed by atoms with van der Waals surface area (Å²) in [7, 11) is 0. The fourth-order valence-electron chi connectivity index (χ4n) is 1.24. The molecule has 0 amide bonds. The van der Waals surface area contributed by atoms with Crippen molar-refractivity contribution in [3.8, 4) is 11.5 Å². The normalized spacial score (nSPS) is 12.7. The molecule has 2 aromatic heterocycles. The summed E-state index contributed by atoms with van der Waals surface area (Å²) in [5.74, 6) is 0.863. The van der Waals surface area contributed by atoms with Gasteiger partial charge in [-0.05, 0) is 44.3 Å². The molecule has 2 aromatic rings. The van der Waals surface area contributed by atoms with Crippen LogP contribution in [0.4, 0.5) is 0 Å². The Bertz CT molecular complexity index is 529. The summed E-state index contributed by atoms with van der Waals surface area (Å²) < 4.78 is 6.77. The molecule has 17 heavy (non-hydrogen) atoms. The third-order valence-corrected chi connectivity index (χ3v) is 3.26. The molecule has 2 N–H and O–H groups in total. The van der Waals surface area contributed by atoms with Gasteiger partial charge in [0.15, 0.2) is 0 Å². The topological polar surface area (TPSA) is 77.8 Å². The SMILES string of the molecule is CC[C@@H](N)c1nc(-c2ncc(Br)cc2Br)no1. The van der Waals surface area contributed by atoms with Crippen LogP contribution in [0.1, 0.15) is 25.3 Å². The van der Waals surface area contributed by atoms with Crippen LogP contribution in [-0.4, -0.2) is 15.1 Å². The van der Waals surface area contributed by atoms with Gasteiger partial charge in [-0.15, -0.1) is 0 Å². The first-order valence-electron chi connectivity index (χ1n) is 5.02. The zero-order chi connectivity index (χ0) is 12.4. The highest BCUT2D eigenvalue weighted by atomic mass is 79.9. The van der Waals surface area contributed by atoms with Gasteiger partial charge in [0.2, 0.25) is 11.7 Å². The van der Waals surface area contributed by atoms with E-state index in [0.717, 1.165) is 15.4 Å². The number of hydrogen-bond donors (Lipinski definition) is 1. The van der Waals surface area contributed by atoms with E-state index in [1.807, 2.05) is 13.0 Å².